The molecule has 0 unspecified atom stereocenters. The second-order valence-electron chi connectivity index (χ2n) is 4.42. The maximum absolute atomic E-state index is 11.7. The summed E-state index contributed by atoms with van der Waals surface area (Å²) in [7, 11) is -2.50. The molecule has 1 N–H and O–H groups in total. The molecule has 0 amide bonds. The van der Waals surface area contributed by atoms with Crippen molar-refractivity contribution in [1.82, 2.24) is 4.98 Å². The number of fused-ring (bicyclic) bond motifs is 1. The van der Waals surface area contributed by atoms with Gasteiger partial charge in [0.1, 0.15) is 0 Å². The van der Waals surface area contributed by atoms with E-state index in [1.54, 1.807) is 12.1 Å². The molecule has 0 atom stereocenters. The number of hydrogen-bond acceptors (Lipinski definition) is 3. The molecule has 0 fully saturated rings. The van der Waals surface area contributed by atoms with E-state index >= 15 is 0 Å². The Morgan fingerprint density at radius 1 is 1.00 bits per heavy atom. The summed E-state index contributed by atoms with van der Waals surface area (Å²) in [6.07, 6.45) is 0. The van der Waals surface area contributed by atoms with Crippen LogP contribution in [0.2, 0.25) is 0 Å². The third-order valence-corrected chi connectivity index (χ3v) is 4.46. The highest BCUT2D eigenvalue weighted by atomic mass is 32.2. The van der Waals surface area contributed by atoms with Gasteiger partial charge in [-0.3, -0.25) is 4.18 Å². The minimum atomic E-state index is -3.66. The zero-order valence-corrected chi connectivity index (χ0v) is 11.6. The second-order valence-corrected chi connectivity index (χ2v) is 6.13. The Bertz CT molecular complexity index is 851. The quantitative estimate of drug-likeness (QED) is 0.753. The van der Waals surface area contributed by atoms with E-state index in [9.17, 15) is 8.42 Å². The highest BCUT2D eigenvalue weighted by molar-refractivity contribution is 7.86. The van der Waals surface area contributed by atoms with Gasteiger partial charge in [0.25, 0.3) is 10.1 Å². The molecule has 0 bridgehead atoms. The van der Waals surface area contributed by atoms with Crippen molar-refractivity contribution in [3.05, 3.63) is 54.6 Å². The molecular weight excluding hydrogens is 274 g/mol. The van der Waals surface area contributed by atoms with Crippen molar-refractivity contribution in [2.75, 3.05) is 7.11 Å². The van der Waals surface area contributed by atoms with Crippen LogP contribution in [0, 0.1) is 0 Å². The fourth-order valence-corrected chi connectivity index (χ4v) is 2.83. The lowest BCUT2D eigenvalue weighted by atomic mass is 10.1. The number of rotatable bonds is 3. The monoisotopic (exact) mass is 287 g/mol. The van der Waals surface area contributed by atoms with Gasteiger partial charge in [-0.1, -0.05) is 30.3 Å². The van der Waals surface area contributed by atoms with Crippen LogP contribution in [0.15, 0.2) is 59.5 Å². The first-order chi connectivity index (χ1) is 9.60. The molecule has 0 radical (unpaired) electrons. The van der Waals surface area contributed by atoms with E-state index in [0.717, 1.165) is 29.3 Å². The zero-order valence-electron chi connectivity index (χ0n) is 10.8. The van der Waals surface area contributed by atoms with Crippen LogP contribution in [0.4, 0.5) is 0 Å². The Kier molecular flexibility index (Phi) is 3.08. The molecule has 0 aliphatic rings. The smallest absolute Gasteiger partial charge is 0.296 e. The standard InChI is InChI=1S/C15H13NO3S/c1-19-20(17,18)13-7-8-14-12(9-13)10-15(16-14)11-5-3-2-4-6-11/h2-10,16H,1H3. The van der Waals surface area contributed by atoms with Gasteiger partial charge in [-0.25, -0.2) is 0 Å². The molecule has 2 aromatic carbocycles. The molecule has 102 valence electrons. The fraction of sp³-hybridized carbons (Fsp3) is 0.0667. The Hall–Kier alpha value is -2.11. The van der Waals surface area contributed by atoms with Gasteiger partial charge < -0.3 is 4.98 Å². The van der Waals surface area contributed by atoms with Gasteiger partial charge in [0.2, 0.25) is 0 Å². The molecule has 3 rings (SSSR count). The van der Waals surface area contributed by atoms with Crippen LogP contribution in [-0.4, -0.2) is 20.5 Å². The molecule has 0 saturated carbocycles. The lowest BCUT2D eigenvalue weighted by Gasteiger charge is -2.00. The maximum Gasteiger partial charge on any atom is 0.296 e. The SMILES string of the molecule is COS(=O)(=O)c1ccc2[nH]c(-c3ccccc3)cc2c1. The van der Waals surface area contributed by atoms with E-state index in [1.807, 2.05) is 36.4 Å². The minimum absolute atomic E-state index is 0.158. The minimum Gasteiger partial charge on any atom is -0.355 e. The van der Waals surface area contributed by atoms with Crippen molar-refractivity contribution in [1.29, 1.82) is 0 Å². The summed E-state index contributed by atoms with van der Waals surface area (Å²) < 4.78 is 27.9. The van der Waals surface area contributed by atoms with E-state index < -0.39 is 10.1 Å². The van der Waals surface area contributed by atoms with Crippen molar-refractivity contribution < 1.29 is 12.6 Å². The molecule has 5 heteroatoms. The van der Waals surface area contributed by atoms with Gasteiger partial charge in [-0.2, -0.15) is 8.42 Å². The van der Waals surface area contributed by atoms with Crippen LogP contribution in [-0.2, 0) is 14.3 Å². The maximum atomic E-state index is 11.7. The van der Waals surface area contributed by atoms with E-state index in [1.165, 1.54) is 6.07 Å². The first kappa shape index (κ1) is 12.9. The molecule has 0 saturated heterocycles. The van der Waals surface area contributed by atoms with Crippen LogP contribution in [0.1, 0.15) is 0 Å². The number of nitrogens with one attached hydrogen (secondary N) is 1. The number of H-pyrrole nitrogens is 1. The number of benzene rings is 2. The predicted octanol–water partition coefficient (Wildman–Crippen LogP) is 3.17. The van der Waals surface area contributed by atoms with Crippen LogP contribution in [0.25, 0.3) is 22.2 Å². The Morgan fingerprint density at radius 3 is 2.45 bits per heavy atom. The number of hydrogen-bond donors (Lipinski definition) is 1. The largest absolute Gasteiger partial charge is 0.355 e. The molecule has 1 aromatic heterocycles. The van der Waals surface area contributed by atoms with Crippen molar-refractivity contribution in [3.63, 3.8) is 0 Å². The van der Waals surface area contributed by atoms with Crippen LogP contribution in [0.5, 0.6) is 0 Å². The molecule has 0 spiro atoms. The van der Waals surface area contributed by atoms with Gasteiger partial charge >= 0.3 is 0 Å². The number of aromatic amines is 1. The normalized spacial score (nSPS) is 11.8. The summed E-state index contributed by atoms with van der Waals surface area (Å²) in [6, 6.07) is 16.7. The molecule has 3 aromatic rings. The highest BCUT2D eigenvalue weighted by Crippen LogP contribution is 2.26. The van der Waals surface area contributed by atoms with E-state index in [2.05, 4.69) is 9.17 Å². The Balaban J connectivity index is 2.13. The van der Waals surface area contributed by atoms with Gasteiger partial charge in [-0.15, -0.1) is 0 Å². The number of aromatic nitrogens is 1. The topological polar surface area (TPSA) is 59.2 Å². The van der Waals surface area contributed by atoms with Gasteiger partial charge in [-0.05, 0) is 29.8 Å². The third kappa shape index (κ3) is 2.21. The lowest BCUT2D eigenvalue weighted by molar-refractivity contribution is 0.398. The molecule has 1 heterocycles. The molecule has 0 aliphatic heterocycles. The predicted molar refractivity (Wildman–Crippen MR) is 77.9 cm³/mol. The third-order valence-electron chi connectivity index (χ3n) is 3.19. The van der Waals surface area contributed by atoms with E-state index in [4.69, 9.17) is 0 Å². The summed E-state index contributed by atoms with van der Waals surface area (Å²) in [4.78, 5) is 3.43. The van der Waals surface area contributed by atoms with Crippen LogP contribution >= 0.6 is 0 Å². The van der Waals surface area contributed by atoms with E-state index in [-0.39, 0.29) is 4.90 Å². The van der Waals surface area contributed by atoms with Crippen molar-refractivity contribution in [2.45, 2.75) is 4.90 Å². The van der Waals surface area contributed by atoms with Crippen LogP contribution < -0.4 is 0 Å². The first-order valence-electron chi connectivity index (χ1n) is 6.09. The molecule has 20 heavy (non-hydrogen) atoms. The van der Waals surface area contributed by atoms with Crippen molar-refractivity contribution in [3.8, 4) is 11.3 Å². The van der Waals surface area contributed by atoms with E-state index in [0.29, 0.717) is 0 Å². The van der Waals surface area contributed by atoms with Gasteiger partial charge in [0.15, 0.2) is 0 Å². The lowest BCUT2D eigenvalue weighted by Crippen LogP contribution is -2.02. The van der Waals surface area contributed by atoms with Crippen molar-refractivity contribution in [2.24, 2.45) is 0 Å². The summed E-state index contributed by atoms with van der Waals surface area (Å²) in [6.45, 7) is 0. The summed E-state index contributed by atoms with van der Waals surface area (Å²) in [5.74, 6) is 0. The molecular formula is C15H13NO3S. The summed E-state index contributed by atoms with van der Waals surface area (Å²) in [5, 5.41) is 0.835. The molecule has 4 nitrogen and oxygen atoms in total. The van der Waals surface area contributed by atoms with Gasteiger partial charge in [0.05, 0.1) is 12.0 Å². The summed E-state index contributed by atoms with van der Waals surface area (Å²) >= 11 is 0. The highest BCUT2D eigenvalue weighted by Gasteiger charge is 2.14. The Labute approximate surface area is 117 Å². The van der Waals surface area contributed by atoms with Gasteiger partial charge in [0, 0.05) is 16.6 Å². The average Bonchev–Trinajstić information content (AvgIpc) is 2.91. The average molecular weight is 287 g/mol. The zero-order chi connectivity index (χ0) is 14.2. The summed E-state index contributed by atoms with van der Waals surface area (Å²) in [5.41, 5.74) is 2.89. The van der Waals surface area contributed by atoms with Crippen LogP contribution in [0.3, 0.4) is 0 Å². The van der Waals surface area contributed by atoms with Crippen molar-refractivity contribution >= 4 is 21.0 Å². The Morgan fingerprint density at radius 2 is 1.75 bits per heavy atom. The second kappa shape index (κ2) is 4.77. The first-order valence-corrected chi connectivity index (χ1v) is 7.50. The fourth-order valence-electron chi connectivity index (χ4n) is 2.14. The molecule has 0 aliphatic carbocycles.